The number of hydrogen-bond donors (Lipinski definition) is 3. The molecule has 9 nitrogen and oxygen atoms in total. The fourth-order valence-corrected chi connectivity index (χ4v) is 6.41. The molecule has 4 aromatic rings. The summed E-state index contributed by atoms with van der Waals surface area (Å²) < 4.78 is 6.13. The van der Waals surface area contributed by atoms with E-state index in [1.54, 1.807) is 50.9 Å². The number of anilines is 1. The molecular formula is C26H21BrN6O3. The molecule has 3 N–H and O–H groups in total. The number of nitrogens with one attached hydrogen (secondary N) is 3. The molecule has 1 saturated heterocycles. The first-order valence-electron chi connectivity index (χ1n) is 11.3. The Morgan fingerprint density at radius 1 is 1.28 bits per heavy atom. The normalized spacial score (nSPS) is 25.2. The molecule has 3 atom stereocenters. The first-order valence-corrected chi connectivity index (χ1v) is 12.1. The number of methoxy groups -OCH3 is 1. The lowest BCUT2D eigenvalue weighted by molar-refractivity contribution is -0.128. The van der Waals surface area contributed by atoms with Crippen molar-refractivity contribution >= 4 is 44.2 Å². The summed E-state index contributed by atoms with van der Waals surface area (Å²) in [6.45, 7) is 0.262. The van der Waals surface area contributed by atoms with Crippen molar-refractivity contribution in [3.63, 3.8) is 0 Å². The molecule has 2 aromatic heterocycles. The molecule has 1 fully saturated rings. The number of fused-ring (bicyclic) bond motifs is 3. The number of rotatable bonds is 4. The smallest absolute Gasteiger partial charge is 0.251 e. The number of benzene rings is 2. The van der Waals surface area contributed by atoms with Crippen molar-refractivity contribution in [1.82, 2.24) is 19.9 Å². The van der Waals surface area contributed by atoms with Crippen molar-refractivity contribution in [2.75, 3.05) is 26.0 Å². The third kappa shape index (κ3) is 2.64. The van der Waals surface area contributed by atoms with Crippen LogP contribution in [0.15, 0.2) is 59.5 Å². The minimum atomic E-state index is -1.84. The Labute approximate surface area is 214 Å². The summed E-state index contributed by atoms with van der Waals surface area (Å²) in [7, 11) is 3.33. The summed E-state index contributed by atoms with van der Waals surface area (Å²) in [4.78, 5) is 41.2. The Kier molecular flexibility index (Phi) is 4.87. The third-order valence-corrected chi connectivity index (χ3v) is 8.08. The minimum Gasteiger partial charge on any atom is -0.497 e. The number of likely N-dealkylation sites (tertiary alicyclic amines) is 1. The monoisotopic (exact) mass is 544 g/mol. The van der Waals surface area contributed by atoms with Crippen molar-refractivity contribution in [2.45, 2.75) is 11.5 Å². The molecule has 180 valence electrons. The number of nitrogens with zero attached hydrogens (tertiary/aromatic N) is 3. The second kappa shape index (κ2) is 7.78. The lowest BCUT2D eigenvalue weighted by Gasteiger charge is -2.40. The van der Waals surface area contributed by atoms with E-state index in [0.29, 0.717) is 33.8 Å². The van der Waals surface area contributed by atoms with Crippen molar-refractivity contribution in [3.05, 3.63) is 76.4 Å². The maximum absolute atomic E-state index is 14.8. The number of carbonyl (C=O) groups excluding carboxylic acids is 2. The van der Waals surface area contributed by atoms with E-state index in [1.807, 2.05) is 23.1 Å². The van der Waals surface area contributed by atoms with E-state index in [0.717, 1.165) is 9.99 Å². The van der Waals surface area contributed by atoms with Gasteiger partial charge in [-0.1, -0.05) is 15.9 Å². The van der Waals surface area contributed by atoms with Gasteiger partial charge in [-0.25, -0.2) is 4.98 Å². The van der Waals surface area contributed by atoms with Gasteiger partial charge in [0.25, 0.3) is 5.91 Å². The van der Waals surface area contributed by atoms with Crippen LogP contribution in [-0.2, 0) is 10.3 Å². The number of carbonyl (C=O) groups is 2. The van der Waals surface area contributed by atoms with E-state index in [4.69, 9.17) is 4.74 Å². The summed E-state index contributed by atoms with van der Waals surface area (Å²) in [5, 5.41) is 14.6. The molecule has 0 aliphatic carbocycles. The molecule has 1 amide bonds. The van der Waals surface area contributed by atoms with Gasteiger partial charge in [-0.15, -0.1) is 0 Å². The molecule has 6 rings (SSSR count). The maximum atomic E-state index is 14.8. The number of H-pyrrole nitrogens is 2. The van der Waals surface area contributed by atoms with Gasteiger partial charge in [0.2, 0.25) is 0 Å². The largest absolute Gasteiger partial charge is 0.497 e. The Morgan fingerprint density at radius 2 is 2.11 bits per heavy atom. The van der Waals surface area contributed by atoms with Gasteiger partial charge in [0, 0.05) is 57.3 Å². The number of nitriles is 1. The molecule has 1 spiro atoms. The van der Waals surface area contributed by atoms with Gasteiger partial charge >= 0.3 is 0 Å². The minimum absolute atomic E-state index is 0.262. The second-order valence-electron chi connectivity index (χ2n) is 9.12. The molecule has 2 aromatic carbocycles. The number of halogens is 1. The number of imidazole rings is 1. The van der Waals surface area contributed by atoms with Crippen LogP contribution >= 0.6 is 15.9 Å². The molecule has 0 saturated carbocycles. The highest BCUT2D eigenvalue weighted by Gasteiger charge is 2.75. The first kappa shape index (κ1) is 22.5. The number of Topliss-reactive ketones (excluding diaryl/α,β-unsaturated/α-hetero) is 1. The van der Waals surface area contributed by atoms with Crippen LogP contribution in [-0.4, -0.2) is 52.2 Å². The zero-order chi connectivity index (χ0) is 25.2. The van der Waals surface area contributed by atoms with Crippen LogP contribution in [0.4, 0.5) is 5.69 Å². The predicted molar refractivity (Wildman–Crippen MR) is 136 cm³/mol. The number of aromatic nitrogens is 3. The molecule has 4 heterocycles. The predicted octanol–water partition coefficient (Wildman–Crippen LogP) is 3.93. The van der Waals surface area contributed by atoms with Crippen LogP contribution < -0.4 is 10.1 Å². The van der Waals surface area contributed by atoms with Crippen LogP contribution in [0.1, 0.15) is 27.7 Å². The van der Waals surface area contributed by atoms with Crippen LogP contribution in [0.3, 0.4) is 0 Å². The van der Waals surface area contributed by atoms with Gasteiger partial charge in [0.15, 0.2) is 16.7 Å². The fraction of sp³-hybridized carbons (Fsp3) is 0.231. The highest BCUT2D eigenvalue weighted by molar-refractivity contribution is 9.10. The van der Waals surface area contributed by atoms with Gasteiger partial charge in [-0.3, -0.25) is 14.5 Å². The molecule has 10 heteroatoms. The number of aromatic amines is 2. The molecule has 0 radical (unpaired) electrons. The van der Waals surface area contributed by atoms with Gasteiger partial charge in [0.05, 0.1) is 19.1 Å². The van der Waals surface area contributed by atoms with Crippen LogP contribution in [0, 0.1) is 16.7 Å². The average Bonchev–Trinajstić information content (AvgIpc) is 3.65. The number of hydrogen-bond acceptors (Lipinski definition) is 6. The van der Waals surface area contributed by atoms with E-state index in [1.165, 1.54) is 0 Å². The Morgan fingerprint density at radius 3 is 2.83 bits per heavy atom. The fourth-order valence-electron chi connectivity index (χ4n) is 6.05. The van der Waals surface area contributed by atoms with Crippen LogP contribution in [0.5, 0.6) is 5.75 Å². The topological polar surface area (TPSA) is 127 Å². The first-order chi connectivity index (χ1) is 17.4. The number of amides is 1. The van der Waals surface area contributed by atoms with Crippen LogP contribution in [0.25, 0.3) is 10.9 Å². The Hall–Kier alpha value is -3.94. The van der Waals surface area contributed by atoms with Crippen LogP contribution in [0.2, 0.25) is 0 Å². The number of likely N-dealkylation sites (N-methyl/N-ethyl adjacent to an activating group) is 1. The standard InChI is InChI=1S/C26H21BrN6O3/c1-33-12-19(23-29-7-8-30-23)25(13-28,26(33)18-9-14(27)3-5-21(18)32-24(26)35)22(34)17-11-31-20-6-4-15(36-2)10-16(17)20/h3-11,19,31H,12H2,1-2H3,(H,29,30)(H,32,35)/t19-,25+,26-/m1/s1. The maximum Gasteiger partial charge on any atom is 0.251 e. The zero-order valence-corrected chi connectivity index (χ0v) is 21.0. The van der Waals surface area contributed by atoms with E-state index < -0.39 is 28.6 Å². The quantitative estimate of drug-likeness (QED) is 0.334. The van der Waals surface area contributed by atoms with Crippen molar-refractivity contribution in [3.8, 4) is 11.8 Å². The van der Waals surface area contributed by atoms with Gasteiger partial charge in [-0.2, -0.15) is 5.26 Å². The molecule has 0 bridgehead atoms. The zero-order valence-electron chi connectivity index (χ0n) is 19.4. The lowest BCUT2D eigenvalue weighted by atomic mass is 9.59. The highest BCUT2D eigenvalue weighted by Crippen LogP contribution is 2.63. The van der Waals surface area contributed by atoms with E-state index in [9.17, 15) is 14.9 Å². The van der Waals surface area contributed by atoms with E-state index in [-0.39, 0.29) is 6.54 Å². The summed E-state index contributed by atoms with van der Waals surface area (Å²) >= 11 is 3.51. The van der Waals surface area contributed by atoms with Crippen molar-refractivity contribution in [1.29, 1.82) is 5.26 Å². The van der Waals surface area contributed by atoms with Crippen molar-refractivity contribution < 1.29 is 14.3 Å². The molecule has 0 unspecified atom stereocenters. The Balaban J connectivity index is 1.68. The van der Waals surface area contributed by atoms with Gasteiger partial charge in [0.1, 0.15) is 11.6 Å². The molecule has 2 aliphatic rings. The van der Waals surface area contributed by atoms with E-state index >= 15 is 0 Å². The number of ether oxygens (including phenoxy) is 1. The third-order valence-electron chi connectivity index (χ3n) is 7.59. The SMILES string of the molecule is COc1ccc2[nH]cc(C(=O)[C@]3(C#N)[C@@H](c4ncc[nH]4)CN(C)[C@]34C(=O)Nc3ccc(Br)cc34)c2c1. The molecule has 2 aliphatic heterocycles. The summed E-state index contributed by atoms with van der Waals surface area (Å²) in [5.41, 5.74) is -1.24. The second-order valence-corrected chi connectivity index (χ2v) is 10.0. The van der Waals surface area contributed by atoms with Crippen molar-refractivity contribution in [2.24, 2.45) is 5.41 Å². The summed E-state index contributed by atoms with van der Waals surface area (Å²) in [5.74, 6) is -0.530. The summed E-state index contributed by atoms with van der Waals surface area (Å²) in [6, 6.07) is 13.2. The highest BCUT2D eigenvalue weighted by atomic mass is 79.9. The Bertz CT molecular complexity index is 1590. The van der Waals surface area contributed by atoms with E-state index in [2.05, 4.69) is 42.3 Å². The van der Waals surface area contributed by atoms with Gasteiger partial charge in [-0.05, 0) is 43.4 Å². The van der Waals surface area contributed by atoms with Gasteiger partial charge < -0.3 is 20.0 Å². The average molecular weight is 545 g/mol. The molecule has 36 heavy (non-hydrogen) atoms. The summed E-state index contributed by atoms with van der Waals surface area (Å²) in [6.07, 6.45) is 4.84. The lowest BCUT2D eigenvalue weighted by Crippen LogP contribution is -2.58. The number of ketones is 1. The molecular weight excluding hydrogens is 524 g/mol.